The molecule has 1 N–H and O–H groups in total. The predicted octanol–water partition coefficient (Wildman–Crippen LogP) is 6.48. The normalized spacial score (nSPS) is 13.7. The van der Waals surface area contributed by atoms with Crippen LogP contribution in [0.15, 0.2) is 78.0 Å². The minimum atomic E-state index is 0.0207. The van der Waals surface area contributed by atoms with E-state index in [0.717, 1.165) is 24.2 Å². The van der Waals surface area contributed by atoms with Crippen molar-refractivity contribution in [3.8, 4) is 0 Å². The Bertz CT molecular complexity index is 721. The van der Waals surface area contributed by atoms with E-state index in [0.29, 0.717) is 11.8 Å². The molecule has 1 aromatic carbocycles. The maximum absolute atomic E-state index is 12.1. The summed E-state index contributed by atoms with van der Waals surface area (Å²) in [6, 6.07) is 8.21. The zero-order chi connectivity index (χ0) is 20.8. The summed E-state index contributed by atoms with van der Waals surface area (Å²) in [6.07, 6.45) is 15.1. The number of allylic oxidation sites excluding steroid dienone is 5. The van der Waals surface area contributed by atoms with Crippen molar-refractivity contribution in [1.82, 2.24) is 0 Å². The van der Waals surface area contributed by atoms with E-state index in [4.69, 9.17) is 0 Å². The van der Waals surface area contributed by atoms with Crippen LogP contribution in [-0.2, 0) is 4.79 Å². The monoisotopic (exact) mass is 378 g/mol. The van der Waals surface area contributed by atoms with Gasteiger partial charge in [-0.05, 0) is 67.5 Å². The van der Waals surface area contributed by atoms with Gasteiger partial charge in [0.2, 0.25) is 0 Å². The summed E-state index contributed by atoms with van der Waals surface area (Å²) in [5, 5.41) is 3.16. The number of hydrogen-bond acceptors (Lipinski definition) is 3. The molecule has 0 bridgehead atoms. The SMILES string of the molecule is C=CCCC(C)/C=C/C(=C/C=C/C(=O)CNc1ccc(C(C)C)cc1)N=CC. The number of benzene rings is 1. The molecule has 0 saturated carbocycles. The van der Waals surface area contributed by atoms with E-state index in [2.05, 4.69) is 55.9 Å². The molecule has 3 heteroatoms. The molecule has 0 spiro atoms. The molecule has 0 aliphatic carbocycles. The molecule has 150 valence electrons. The Kier molecular flexibility index (Phi) is 11.2. The number of ketones is 1. The van der Waals surface area contributed by atoms with Crippen LogP contribution in [0.1, 0.15) is 52.0 Å². The lowest BCUT2D eigenvalue weighted by atomic mass is 10.0. The third-order valence-electron chi connectivity index (χ3n) is 4.29. The highest BCUT2D eigenvalue weighted by Gasteiger charge is 2.00. The van der Waals surface area contributed by atoms with Crippen LogP contribution in [0.3, 0.4) is 0 Å². The standard InChI is InChI=1S/C25H34N2O/c1-6-8-10-21(5)13-16-23(26-7-2)11-9-12-25(28)19-27-24-17-14-22(15-18-24)20(3)4/h6-7,9,11-18,20-21,27H,1,8,10,19H2,2-5H3/b12-9+,16-13+,23-11-,26-7?. The minimum absolute atomic E-state index is 0.0207. The third kappa shape index (κ3) is 9.86. The summed E-state index contributed by atoms with van der Waals surface area (Å²) in [7, 11) is 0. The molecule has 1 aromatic rings. The van der Waals surface area contributed by atoms with Crippen LogP contribution < -0.4 is 5.32 Å². The van der Waals surface area contributed by atoms with Crippen molar-refractivity contribution >= 4 is 17.7 Å². The second-order valence-corrected chi connectivity index (χ2v) is 7.14. The largest absolute Gasteiger partial charge is 0.378 e. The number of aliphatic imine (C=N–C) groups is 1. The van der Waals surface area contributed by atoms with Gasteiger partial charge in [0.05, 0.1) is 12.2 Å². The summed E-state index contributed by atoms with van der Waals surface area (Å²) < 4.78 is 0. The number of nitrogens with zero attached hydrogens (tertiary/aromatic N) is 1. The molecular weight excluding hydrogens is 344 g/mol. The van der Waals surface area contributed by atoms with E-state index in [-0.39, 0.29) is 12.3 Å². The Morgan fingerprint density at radius 2 is 1.89 bits per heavy atom. The molecule has 0 aromatic heterocycles. The third-order valence-corrected chi connectivity index (χ3v) is 4.29. The number of anilines is 1. The van der Waals surface area contributed by atoms with Crippen molar-refractivity contribution in [3.05, 3.63) is 78.6 Å². The topological polar surface area (TPSA) is 41.5 Å². The maximum atomic E-state index is 12.1. The van der Waals surface area contributed by atoms with Crippen molar-refractivity contribution in [2.24, 2.45) is 10.9 Å². The molecule has 0 radical (unpaired) electrons. The van der Waals surface area contributed by atoms with Gasteiger partial charge in [0, 0.05) is 11.9 Å². The highest BCUT2D eigenvalue weighted by molar-refractivity contribution is 5.93. The lowest BCUT2D eigenvalue weighted by Crippen LogP contribution is -2.11. The molecule has 3 nitrogen and oxygen atoms in total. The van der Waals surface area contributed by atoms with Gasteiger partial charge in [0.25, 0.3) is 0 Å². The molecule has 0 aliphatic heterocycles. The van der Waals surface area contributed by atoms with E-state index < -0.39 is 0 Å². The van der Waals surface area contributed by atoms with E-state index in [1.165, 1.54) is 5.56 Å². The second kappa shape index (κ2) is 13.5. The first-order valence-electron chi connectivity index (χ1n) is 9.99. The van der Waals surface area contributed by atoms with Gasteiger partial charge in [-0.15, -0.1) is 6.58 Å². The minimum Gasteiger partial charge on any atom is -0.378 e. The molecule has 1 atom stereocenters. The molecule has 0 aliphatic rings. The zero-order valence-electron chi connectivity index (χ0n) is 17.7. The van der Waals surface area contributed by atoms with Crippen LogP contribution in [0.5, 0.6) is 0 Å². The van der Waals surface area contributed by atoms with Crippen molar-refractivity contribution in [2.75, 3.05) is 11.9 Å². The number of nitrogens with one attached hydrogen (secondary N) is 1. The summed E-state index contributed by atoms with van der Waals surface area (Å²) in [4.78, 5) is 16.4. The first-order valence-corrected chi connectivity index (χ1v) is 9.99. The van der Waals surface area contributed by atoms with Crippen molar-refractivity contribution in [3.63, 3.8) is 0 Å². The fourth-order valence-electron chi connectivity index (χ4n) is 2.52. The molecule has 0 saturated heterocycles. The number of carbonyl (C=O) groups is 1. The van der Waals surface area contributed by atoms with Crippen LogP contribution in [0.4, 0.5) is 5.69 Å². The number of carbonyl (C=O) groups excluding carboxylic acids is 1. The molecule has 0 fully saturated rings. The first kappa shape index (κ1) is 23.4. The highest BCUT2D eigenvalue weighted by atomic mass is 16.1. The summed E-state index contributed by atoms with van der Waals surface area (Å²) in [6.45, 7) is 12.4. The number of hydrogen-bond donors (Lipinski definition) is 1. The average Bonchev–Trinajstić information content (AvgIpc) is 2.69. The van der Waals surface area contributed by atoms with Gasteiger partial charge in [-0.1, -0.05) is 51.1 Å². The van der Waals surface area contributed by atoms with Gasteiger partial charge in [-0.3, -0.25) is 9.79 Å². The van der Waals surface area contributed by atoms with Crippen molar-refractivity contribution in [2.45, 2.75) is 46.5 Å². The van der Waals surface area contributed by atoms with Crippen molar-refractivity contribution < 1.29 is 4.79 Å². The van der Waals surface area contributed by atoms with Crippen LogP contribution in [0.25, 0.3) is 0 Å². The lowest BCUT2D eigenvalue weighted by Gasteiger charge is -2.08. The Hall–Kier alpha value is -2.68. The molecule has 0 heterocycles. The van der Waals surface area contributed by atoms with Gasteiger partial charge >= 0.3 is 0 Å². The van der Waals surface area contributed by atoms with Gasteiger partial charge in [0.1, 0.15) is 0 Å². The second-order valence-electron chi connectivity index (χ2n) is 7.14. The average molecular weight is 379 g/mol. The van der Waals surface area contributed by atoms with Crippen LogP contribution in [0.2, 0.25) is 0 Å². The quantitative estimate of drug-likeness (QED) is 0.196. The van der Waals surface area contributed by atoms with E-state index in [1.807, 2.05) is 37.3 Å². The van der Waals surface area contributed by atoms with E-state index >= 15 is 0 Å². The van der Waals surface area contributed by atoms with Gasteiger partial charge in [-0.2, -0.15) is 0 Å². The smallest absolute Gasteiger partial charge is 0.174 e. The Morgan fingerprint density at radius 3 is 2.50 bits per heavy atom. The van der Waals surface area contributed by atoms with Crippen LogP contribution in [-0.4, -0.2) is 18.5 Å². The van der Waals surface area contributed by atoms with Gasteiger partial charge in [-0.25, -0.2) is 0 Å². The Morgan fingerprint density at radius 1 is 1.18 bits per heavy atom. The fourth-order valence-corrected chi connectivity index (χ4v) is 2.52. The van der Waals surface area contributed by atoms with Crippen LogP contribution in [0, 0.1) is 5.92 Å². The molecular formula is C25H34N2O. The molecule has 1 unspecified atom stereocenters. The first-order chi connectivity index (χ1) is 13.5. The summed E-state index contributed by atoms with van der Waals surface area (Å²) in [5.74, 6) is 0.988. The predicted molar refractivity (Wildman–Crippen MR) is 123 cm³/mol. The molecule has 1 rings (SSSR count). The van der Waals surface area contributed by atoms with Crippen molar-refractivity contribution in [1.29, 1.82) is 0 Å². The highest BCUT2D eigenvalue weighted by Crippen LogP contribution is 2.17. The van der Waals surface area contributed by atoms with Gasteiger partial charge in [0.15, 0.2) is 5.78 Å². The zero-order valence-corrected chi connectivity index (χ0v) is 17.7. The summed E-state index contributed by atoms with van der Waals surface area (Å²) in [5.41, 5.74) is 3.07. The molecule has 28 heavy (non-hydrogen) atoms. The van der Waals surface area contributed by atoms with Gasteiger partial charge < -0.3 is 5.32 Å². The van der Waals surface area contributed by atoms with E-state index in [9.17, 15) is 4.79 Å². The Balaban J connectivity index is 2.57. The number of rotatable bonds is 12. The Labute approximate surface area is 170 Å². The maximum Gasteiger partial charge on any atom is 0.174 e. The lowest BCUT2D eigenvalue weighted by molar-refractivity contribution is -0.113. The fraction of sp³-hybridized carbons (Fsp3) is 0.360. The van der Waals surface area contributed by atoms with Crippen LogP contribution >= 0.6 is 0 Å². The summed E-state index contributed by atoms with van der Waals surface area (Å²) >= 11 is 0. The van der Waals surface area contributed by atoms with E-state index in [1.54, 1.807) is 18.4 Å². The molecule has 0 amide bonds.